The molecule has 0 aromatic rings. The van der Waals surface area contributed by atoms with Crippen molar-refractivity contribution in [1.29, 1.82) is 0 Å². The molecule has 1 N–H and O–H groups in total. The maximum Gasteiger partial charge on any atom is 0.0505 e. The van der Waals surface area contributed by atoms with Gasteiger partial charge in [-0.05, 0) is 42.6 Å². The van der Waals surface area contributed by atoms with Crippen molar-refractivity contribution in [1.82, 2.24) is 4.90 Å². The number of hydrogen-bond donors (Lipinski definition) is 1. The van der Waals surface area contributed by atoms with Gasteiger partial charge in [-0.2, -0.15) is 0 Å². The summed E-state index contributed by atoms with van der Waals surface area (Å²) in [5, 5.41) is 9.97. The van der Waals surface area contributed by atoms with Crippen LogP contribution in [0.3, 0.4) is 0 Å². The highest BCUT2D eigenvalue weighted by Crippen LogP contribution is 2.69. The molecule has 4 rings (SSSR count). The van der Waals surface area contributed by atoms with Crippen LogP contribution in [0.25, 0.3) is 0 Å². The van der Waals surface area contributed by atoms with Crippen molar-refractivity contribution < 1.29 is 5.11 Å². The summed E-state index contributed by atoms with van der Waals surface area (Å²) >= 11 is 0. The Labute approximate surface area is 99.0 Å². The van der Waals surface area contributed by atoms with Crippen molar-refractivity contribution in [3.05, 3.63) is 0 Å². The van der Waals surface area contributed by atoms with Gasteiger partial charge in [0.2, 0.25) is 0 Å². The number of hydrogen-bond acceptors (Lipinski definition) is 2. The monoisotopic (exact) mass is 223 g/mol. The summed E-state index contributed by atoms with van der Waals surface area (Å²) in [5.74, 6) is 2.47. The van der Waals surface area contributed by atoms with Crippen molar-refractivity contribution >= 4 is 0 Å². The van der Waals surface area contributed by atoms with Gasteiger partial charge in [0, 0.05) is 18.5 Å². The van der Waals surface area contributed by atoms with Gasteiger partial charge < -0.3 is 10.0 Å². The molecule has 0 radical (unpaired) electrons. The molecule has 4 fully saturated rings. The first kappa shape index (κ1) is 11.0. The van der Waals surface area contributed by atoms with Gasteiger partial charge in [0.25, 0.3) is 0 Å². The molecule has 3 aliphatic carbocycles. The van der Waals surface area contributed by atoms with Crippen molar-refractivity contribution in [2.75, 3.05) is 26.2 Å². The molecule has 3 saturated carbocycles. The lowest BCUT2D eigenvalue weighted by molar-refractivity contribution is -0.187. The second-order valence-electron chi connectivity index (χ2n) is 6.96. The Morgan fingerprint density at radius 3 is 2.56 bits per heavy atom. The zero-order chi connectivity index (χ0) is 11.6. The number of nitrogens with zero attached hydrogens (tertiary/aromatic N) is 1. The van der Waals surface area contributed by atoms with E-state index in [1.165, 1.54) is 19.4 Å². The van der Waals surface area contributed by atoms with Gasteiger partial charge >= 0.3 is 0 Å². The largest absolute Gasteiger partial charge is 0.396 e. The fourth-order valence-electron chi connectivity index (χ4n) is 5.07. The third-order valence-corrected chi connectivity index (χ3v) is 6.28. The molecule has 2 nitrogen and oxygen atoms in total. The first-order valence-electron chi connectivity index (χ1n) is 6.88. The van der Waals surface area contributed by atoms with Crippen LogP contribution in [0.15, 0.2) is 0 Å². The molecule has 4 aliphatic rings. The van der Waals surface area contributed by atoms with E-state index >= 15 is 0 Å². The molecule has 1 aliphatic heterocycles. The molecule has 0 aromatic heterocycles. The summed E-state index contributed by atoms with van der Waals surface area (Å²) in [6.07, 6.45) is 2.74. The Balaban J connectivity index is 1.92. The van der Waals surface area contributed by atoms with Gasteiger partial charge in [0.1, 0.15) is 0 Å². The van der Waals surface area contributed by atoms with Crippen LogP contribution in [0.5, 0.6) is 0 Å². The van der Waals surface area contributed by atoms with E-state index < -0.39 is 0 Å². The van der Waals surface area contributed by atoms with E-state index in [9.17, 15) is 5.11 Å². The number of aliphatic hydroxyl groups is 1. The van der Waals surface area contributed by atoms with Crippen molar-refractivity contribution in [2.24, 2.45) is 28.6 Å². The smallest absolute Gasteiger partial charge is 0.0505 e. The Kier molecular flexibility index (Phi) is 2.23. The highest BCUT2D eigenvalue weighted by molar-refractivity contribution is 5.15. The highest BCUT2D eigenvalue weighted by atomic mass is 16.3. The van der Waals surface area contributed by atoms with Crippen LogP contribution in [0.4, 0.5) is 0 Å². The zero-order valence-corrected chi connectivity index (χ0v) is 10.9. The quantitative estimate of drug-likeness (QED) is 0.774. The first-order chi connectivity index (χ1) is 7.54. The van der Waals surface area contributed by atoms with Gasteiger partial charge in [-0.25, -0.2) is 0 Å². The molecule has 1 saturated heterocycles. The Bertz CT molecular complexity index is 301. The average Bonchev–Trinajstić information content (AvgIpc) is 2.67. The summed E-state index contributed by atoms with van der Waals surface area (Å²) in [6, 6.07) is 0. The topological polar surface area (TPSA) is 23.5 Å². The van der Waals surface area contributed by atoms with Crippen LogP contribution < -0.4 is 0 Å². The van der Waals surface area contributed by atoms with E-state index in [-0.39, 0.29) is 5.41 Å². The minimum atomic E-state index is 0.244. The second kappa shape index (κ2) is 3.23. The third kappa shape index (κ3) is 1.10. The van der Waals surface area contributed by atoms with Crippen LogP contribution in [0, 0.1) is 28.6 Å². The van der Waals surface area contributed by atoms with E-state index in [0.717, 1.165) is 30.8 Å². The van der Waals surface area contributed by atoms with Crippen molar-refractivity contribution in [3.8, 4) is 0 Å². The summed E-state index contributed by atoms with van der Waals surface area (Å²) in [7, 11) is 0. The van der Waals surface area contributed by atoms with Gasteiger partial charge in [-0.15, -0.1) is 0 Å². The second-order valence-corrected chi connectivity index (χ2v) is 6.96. The molecule has 1 heterocycles. The summed E-state index contributed by atoms with van der Waals surface area (Å²) in [6.45, 7) is 11.0. The molecular weight excluding hydrogens is 198 g/mol. The standard InChI is InChI=1S/C14H25NO/c1-4-15-7-11-5-10-6-12(13(10,2)3)14(11,8-15)9-16/h10-12,16H,4-9H2,1-3H3. The molecule has 2 heteroatoms. The van der Waals surface area contributed by atoms with Crippen molar-refractivity contribution in [3.63, 3.8) is 0 Å². The molecule has 0 spiro atoms. The summed E-state index contributed by atoms with van der Waals surface area (Å²) in [4.78, 5) is 2.55. The SMILES string of the molecule is CCN1CC2CC3CC(C3(C)C)C2(CO)C1. The highest BCUT2D eigenvalue weighted by Gasteiger charge is 2.66. The third-order valence-electron chi connectivity index (χ3n) is 6.28. The van der Waals surface area contributed by atoms with Crippen LogP contribution in [0.2, 0.25) is 0 Å². The summed E-state index contributed by atoms with van der Waals surface area (Å²) in [5.41, 5.74) is 0.733. The molecule has 92 valence electrons. The summed E-state index contributed by atoms with van der Waals surface area (Å²) < 4.78 is 0. The fraction of sp³-hybridized carbons (Fsp3) is 1.00. The first-order valence-corrected chi connectivity index (χ1v) is 6.88. The lowest BCUT2D eigenvalue weighted by Gasteiger charge is -2.66. The van der Waals surface area contributed by atoms with Gasteiger partial charge in [-0.1, -0.05) is 20.8 Å². The van der Waals surface area contributed by atoms with Gasteiger partial charge in [-0.3, -0.25) is 0 Å². The molecule has 2 bridgehead atoms. The maximum atomic E-state index is 9.97. The van der Waals surface area contributed by atoms with Crippen LogP contribution in [0.1, 0.15) is 33.6 Å². The van der Waals surface area contributed by atoms with Gasteiger partial charge in [0.05, 0.1) is 6.61 Å². The Hall–Kier alpha value is -0.0800. The average molecular weight is 223 g/mol. The van der Waals surface area contributed by atoms with Crippen molar-refractivity contribution in [2.45, 2.75) is 33.6 Å². The van der Waals surface area contributed by atoms with E-state index in [1.54, 1.807) is 0 Å². The molecule has 4 unspecified atom stereocenters. The zero-order valence-electron chi connectivity index (χ0n) is 10.9. The molecule has 4 atom stereocenters. The Morgan fingerprint density at radius 2 is 2.00 bits per heavy atom. The van der Waals surface area contributed by atoms with E-state index in [0.29, 0.717) is 12.0 Å². The lowest BCUT2D eigenvalue weighted by Crippen LogP contribution is -2.62. The number of aliphatic hydroxyl groups excluding tert-OH is 1. The molecule has 0 aromatic carbocycles. The van der Waals surface area contributed by atoms with E-state index in [2.05, 4.69) is 25.7 Å². The van der Waals surface area contributed by atoms with E-state index in [1.807, 2.05) is 0 Å². The predicted octanol–water partition coefficient (Wildman–Crippen LogP) is 1.98. The molecule has 0 amide bonds. The van der Waals surface area contributed by atoms with Crippen LogP contribution in [-0.4, -0.2) is 36.2 Å². The van der Waals surface area contributed by atoms with Crippen LogP contribution >= 0.6 is 0 Å². The lowest BCUT2D eigenvalue weighted by atomic mass is 9.39. The fourth-order valence-corrected chi connectivity index (χ4v) is 5.07. The minimum absolute atomic E-state index is 0.244. The predicted molar refractivity (Wildman–Crippen MR) is 65.1 cm³/mol. The van der Waals surface area contributed by atoms with Gasteiger partial charge in [0.15, 0.2) is 0 Å². The Morgan fingerprint density at radius 1 is 1.25 bits per heavy atom. The molecular formula is C14H25NO. The minimum Gasteiger partial charge on any atom is -0.396 e. The number of rotatable bonds is 2. The van der Waals surface area contributed by atoms with Crippen LogP contribution in [-0.2, 0) is 0 Å². The number of likely N-dealkylation sites (tertiary alicyclic amines) is 1. The molecule has 16 heavy (non-hydrogen) atoms. The maximum absolute atomic E-state index is 9.97. The van der Waals surface area contributed by atoms with E-state index in [4.69, 9.17) is 0 Å². The normalized spacial score (nSPS) is 49.9.